The molecule has 1 aromatic heterocycles. The van der Waals surface area contributed by atoms with Crippen molar-refractivity contribution in [3.05, 3.63) is 94.7 Å². The second kappa shape index (κ2) is 8.85. The maximum absolute atomic E-state index is 13.2. The number of aromatic nitrogens is 1. The molecular formula is C23H21NO3S. The van der Waals surface area contributed by atoms with Gasteiger partial charge in [-0.3, -0.25) is 4.79 Å². The third-order valence-electron chi connectivity index (χ3n) is 4.36. The van der Waals surface area contributed by atoms with Crippen molar-refractivity contribution >= 4 is 23.5 Å². The van der Waals surface area contributed by atoms with Gasteiger partial charge in [-0.1, -0.05) is 59.7 Å². The zero-order valence-corrected chi connectivity index (χ0v) is 16.8. The highest BCUT2D eigenvalue weighted by Gasteiger charge is 2.27. The topological polar surface area (TPSA) is 56.3 Å². The van der Waals surface area contributed by atoms with E-state index in [0.717, 1.165) is 11.1 Å². The zero-order chi connectivity index (χ0) is 20.1. The van der Waals surface area contributed by atoms with E-state index in [4.69, 9.17) is 4.74 Å². The number of nitrogens with zero attached hydrogens (tertiary/aromatic N) is 1. The number of ether oxygens (including phenoxy) is 1. The van der Waals surface area contributed by atoms with Gasteiger partial charge < -0.3 is 4.74 Å². The molecule has 1 heterocycles. The molecule has 2 aromatic carbocycles. The van der Waals surface area contributed by atoms with Gasteiger partial charge in [-0.05, 0) is 32.2 Å². The Kier molecular flexibility index (Phi) is 6.26. The van der Waals surface area contributed by atoms with Crippen molar-refractivity contribution in [3.63, 3.8) is 0 Å². The number of ketones is 1. The molecule has 0 unspecified atom stereocenters. The van der Waals surface area contributed by atoms with Crippen molar-refractivity contribution in [2.45, 2.75) is 25.0 Å². The van der Waals surface area contributed by atoms with Crippen molar-refractivity contribution in [3.8, 4) is 0 Å². The summed E-state index contributed by atoms with van der Waals surface area (Å²) in [5, 5.41) is 0.568. The number of pyridine rings is 1. The fourth-order valence-corrected chi connectivity index (χ4v) is 3.30. The summed E-state index contributed by atoms with van der Waals surface area (Å²) in [5.41, 5.74) is 3.61. The lowest BCUT2D eigenvalue weighted by Crippen LogP contribution is -2.21. The molecule has 0 saturated heterocycles. The molecule has 0 N–H and O–H groups in total. The van der Waals surface area contributed by atoms with Gasteiger partial charge in [-0.15, -0.1) is 11.8 Å². The first-order valence-corrected chi connectivity index (χ1v) is 10.1. The van der Waals surface area contributed by atoms with E-state index in [9.17, 15) is 9.59 Å². The van der Waals surface area contributed by atoms with E-state index in [1.54, 1.807) is 30.5 Å². The Hall–Kier alpha value is -2.92. The third kappa shape index (κ3) is 4.49. The minimum atomic E-state index is -1.02. The van der Waals surface area contributed by atoms with Gasteiger partial charge in [0.2, 0.25) is 5.78 Å². The minimum absolute atomic E-state index is 0.258. The van der Waals surface area contributed by atoms with Crippen LogP contribution in [0, 0.1) is 13.8 Å². The molecule has 0 bridgehead atoms. The second-order valence-corrected chi connectivity index (χ2v) is 7.28. The Morgan fingerprint density at radius 3 is 2.14 bits per heavy atom. The van der Waals surface area contributed by atoms with E-state index in [2.05, 4.69) is 4.98 Å². The quantitative estimate of drug-likeness (QED) is 0.328. The largest absolute Gasteiger partial charge is 0.445 e. The number of benzene rings is 2. The van der Waals surface area contributed by atoms with E-state index in [1.165, 1.54) is 11.8 Å². The molecular weight excluding hydrogens is 370 g/mol. The molecule has 0 amide bonds. The van der Waals surface area contributed by atoms with Gasteiger partial charge in [0.1, 0.15) is 5.03 Å². The van der Waals surface area contributed by atoms with E-state index < -0.39 is 12.1 Å². The summed E-state index contributed by atoms with van der Waals surface area (Å²) in [6, 6.07) is 18.0. The van der Waals surface area contributed by atoms with Crippen LogP contribution in [0.4, 0.5) is 0 Å². The molecule has 0 saturated carbocycles. The number of Topliss-reactive ketones (excluding diaryl/α,β-unsaturated/α-hetero) is 1. The fraction of sp³-hybridized carbons (Fsp3) is 0.174. The fourth-order valence-electron chi connectivity index (χ4n) is 2.76. The van der Waals surface area contributed by atoms with Crippen LogP contribution in [-0.2, 0) is 4.74 Å². The highest BCUT2D eigenvalue weighted by Crippen LogP contribution is 2.26. The normalized spacial score (nSPS) is 11.7. The van der Waals surface area contributed by atoms with E-state index in [1.807, 2.05) is 56.5 Å². The van der Waals surface area contributed by atoms with Crippen molar-refractivity contribution < 1.29 is 14.3 Å². The molecule has 0 spiro atoms. The van der Waals surface area contributed by atoms with Crippen molar-refractivity contribution in [1.29, 1.82) is 0 Å². The lowest BCUT2D eigenvalue weighted by atomic mass is 9.98. The van der Waals surface area contributed by atoms with Crippen LogP contribution in [0.2, 0.25) is 0 Å². The molecule has 5 heteroatoms. The average Bonchev–Trinajstić information content (AvgIpc) is 2.72. The molecule has 28 heavy (non-hydrogen) atoms. The third-order valence-corrected chi connectivity index (χ3v) is 5.08. The molecule has 3 rings (SSSR count). The first kappa shape index (κ1) is 19.8. The number of hydrogen-bond donors (Lipinski definition) is 0. The van der Waals surface area contributed by atoms with Crippen molar-refractivity contribution in [1.82, 2.24) is 4.98 Å². The smallest absolute Gasteiger partial charge is 0.341 e. The van der Waals surface area contributed by atoms with Crippen LogP contribution >= 0.6 is 11.8 Å². The van der Waals surface area contributed by atoms with Crippen molar-refractivity contribution in [2.75, 3.05) is 6.26 Å². The number of thioether (sulfide) groups is 1. The maximum atomic E-state index is 13.2. The number of carbonyl (C=O) groups is 2. The summed E-state index contributed by atoms with van der Waals surface area (Å²) in [6.45, 7) is 3.92. The van der Waals surface area contributed by atoms with Gasteiger partial charge >= 0.3 is 5.97 Å². The van der Waals surface area contributed by atoms with Gasteiger partial charge in [0.25, 0.3) is 0 Å². The number of carbonyl (C=O) groups excluding carboxylic acids is 2. The van der Waals surface area contributed by atoms with Crippen LogP contribution in [0.5, 0.6) is 0 Å². The van der Waals surface area contributed by atoms with Crippen LogP contribution in [-0.4, -0.2) is 23.0 Å². The molecule has 142 valence electrons. The predicted molar refractivity (Wildman–Crippen MR) is 111 cm³/mol. The van der Waals surface area contributed by atoms with Gasteiger partial charge in [-0.2, -0.15) is 0 Å². The average molecular weight is 391 g/mol. The molecule has 1 atom stereocenters. The van der Waals surface area contributed by atoms with Gasteiger partial charge in [0.15, 0.2) is 6.10 Å². The summed E-state index contributed by atoms with van der Waals surface area (Å²) in [6.07, 6.45) is 2.44. The number of hydrogen-bond acceptors (Lipinski definition) is 5. The molecule has 0 radical (unpaired) electrons. The first-order chi connectivity index (χ1) is 13.5. The second-order valence-electron chi connectivity index (χ2n) is 6.49. The van der Waals surface area contributed by atoms with Crippen LogP contribution in [0.25, 0.3) is 0 Å². The standard InChI is InChI=1S/C23H21NO3S/c1-15-6-10-17(11-7-15)20(25)21(18-12-8-16(2)9-13-18)27-23(26)19-5-4-14-24-22(19)28-3/h4-14,21H,1-3H3/t21-/m0/s1. The summed E-state index contributed by atoms with van der Waals surface area (Å²) in [5.74, 6) is -0.824. The first-order valence-electron chi connectivity index (χ1n) is 8.87. The highest BCUT2D eigenvalue weighted by atomic mass is 32.2. The predicted octanol–water partition coefficient (Wildman–Crippen LogP) is 5.20. The zero-order valence-electron chi connectivity index (χ0n) is 16.0. The van der Waals surface area contributed by atoms with E-state index in [0.29, 0.717) is 21.7 Å². The van der Waals surface area contributed by atoms with Gasteiger partial charge in [-0.25, -0.2) is 9.78 Å². The molecule has 4 nitrogen and oxygen atoms in total. The Bertz CT molecular complexity index is 981. The van der Waals surface area contributed by atoms with Gasteiger partial charge in [0.05, 0.1) is 5.56 Å². The maximum Gasteiger partial charge on any atom is 0.341 e. The van der Waals surface area contributed by atoms with E-state index in [-0.39, 0.29) is 5.78 Å². The number of esters is 1. The Morgan fingerprint density at radius 1 is 0.929 bits per heavy atom. The Morgan fingerprint density at radius 2 is 1.54 bits per heavy atom. The van der Waals surface area contributed by atoms with Crippen molar-refractivity contribution in [2.24, 2.45) is 0 Å². The minimum Gasteiger partial charge on any atom is -0.445 e. The summed E-state index contributed by atoms with van der Waals surface area (Å²) >= 11 is 1.36. The highest BCUT2D eigenvalue weighted by molar-refractivity contribution is 7.98. The molecule has 3 aromatic rings. The summed E-state index contributed by atoms with van der Waals surface area (Å²) in [4.78, 5) is 30.2. The number of aryl methyl sites for hydroxylation is 2. The monoisotopic (exact) mass is 391 g/mol. The molecule has 0 aliphatic heterocycles. The molecule has 0 fully saturated rings. The summed E-state index contributed by atoms with van der Waals surface area (Å²) < 4.78 is 5.71. The van der Waals surface area contributed by atoms with Crippen LogP contribution in [0.15, 0.2) is 71.9 Å². The van der Waals surface area contributed by atoms with Gasteiger partial charge in [0, 0.05) is 17.3 Å². The van der Waals surface area contributed by atoms with Crippen LogP contribution < -0.4 is 0 Å². The Balaban J connectivity index is 1.96. The Labute approximate surface area is 169 Å². The van der Waals surface area contributed by atoms with Crippen LogP contribution in [0.3, 0.4) is 0 Å². The summed E-state index contributed by atoms with van der Waals surface area (Å²) in [7, 11) is 0. The SMILES string of the molecule is CSc1ncccc1C(=O)O[C@H](C(=O)c1ccc(C)cc1)c1ccc(C)cc1. The lowest BCUT2D eigenvalue weighted by Gasteiger charge is -2.18. The number of rotatable bonds is 6. The lowest BCUT2D eigenvalue weighted by molar-refractivity contribution is 0.0276. The molecule has 0 aliphatic carbocycles. The van der Waals surface area contributed by atoms with E-state index >= 15 is 0 Å². The molecule has 0 aliphatic rings. The van der Waals surface area contributed by atoms with Crippen LogP contribution in [0.1, 0.15) is 43.5 Å².